The van der Waals surface area contributed by atoms with Crippen molar-refractivity contribution >= 4 is 21.6 Å². The first-order chi connectivity index (χ1) is 8.11. The summed E-state index contributed by atoms with van der Waals surface area (Å²) in [5.41, 5.74) is 0. The molecule has 0 saturated carbocycles. The summed E-state index contributed by atoms with van der Waals surface area (Å²) in [4.78, 5) is 2.09. The highest BCUT2D eigenvalue weighted by Crippen LogP contribution is 2.20. The third-order valence-corrected chi connectivity index (χ3v) is 6.20. The first kappa shape index (κ1) is 15.0. The lowest BCUT2D eigenvalue weighted by Gasteiger charge is -2.34. The minimum Gasteiger partial charge on any atom is -0.312 e. The van der Waals surface area contributed by atoms with Gasteiger partial charge in [-0.05, 0) is 0 Å². The SMILES string of the molecule is C=CCNCCN1CCSCC1S(=O)(=O)CC. The van der Waals surface area contributed by atoms with Gasteiger partial charge in [-0.1, -0.05) is 13.0 Å². The van der Waals surface area contributed by atoms with Crippen LogP contribution in [0.4, 0.5) is 0 Å². The average Bonchev–Trinajstić information content (AvgIpc) is 2.35. The monoisotopic (exact) mass is 278 g/mol. The van der Waals surface area contributed by atoms with Crippen molar-refractivity contribution < 1.29 is 8.42 Å². The number of nitrogens with one attached hydrogen (secondary N) is 1. The quantitative estimate of drug-likeness (QED) is 0.545. The molecule has 17 heavy (non-hydrogen) atoms. The zero-order valence-electron chi connectivity index (χ0n) is 10.4. The van der Waals surface area contributed by atoms with Crippen LogP contribution in [-0.2, 0) is 9.84 Å². The normalized spacial score (nSPS) is 22.5. The van der Waals surface area contributed by atoms with E-state index in [4.69, 9.17) is 0 Å². The van der Waals surface area contributed by atoms with Crippen LogP contribution in [0.5, 0.6) is 0 Å². The van der Waals surface area contributed by atoms with Crippen LogP contribution in [0.1, 0.15) is 6.92 Å². The first-order valence-electron chi connectivity index (χ1n) is 5.96. The molecule has 0 radical (unpaired) electrons. The van der Waals surface area contributed by atoms with Gasteiger partial charge in [0.15, 0.2) is 9.84 Å². The van der Waals surface area contributed by atoms with Crippen molar-refractivity contribution in [2.45, 2.75) is 12.3 Å². The van der Waals surface area contributed by atoms with Crippen molar-refractivity contribution in [1.82, 2.24) is 10.2 Å². The minimum atomic E-state index is -2.96. The van der Waals surface area contributed by atoms with E-state index < -0.39 is 9.84 Å². The van der Waals surface area contributed by atoms with Crippen LogP contribution in [0.2, 0.25) is 0 Å². The third-order valence-electron chi connectivity index (χ3n) is 2.87. The maximum absolute atomic E-state index is 12.0. The Balaban J connectivity index is 2.51. The molecule has 1 heterocycles. The highest BCUT2D eigenvalue weighted by atomic mass is 32.2. The summed E-state index contributed by atoms with van der Waals surface area (Å²) in [5.74, 6) is 1.96. The number of thioether (sulfide) groups is 1. The van der Waals surface area contributed by atoms with Gasteiger partial charge in [0.2, 0.25) is 0 Å². The molecule has 0 aromatic rings. The molecule has 1 rings (SSSR count). The van der Waals surface area contributed by atoms with Crippen LogP contribution in [-0.4, -0.2) is 62.1 Å². The molecule has 100 valence electrons. The lowest BCUT2D eigenvalue weighted by atomic mass is 10.4. The van der Waals surface area contributed by atoms with Crippen molar-refractivity contribution in [2.75, 3.05) is 43.4 Å². The van der Waals surface area contributed by atoms with Crippen LogP contribution in [0, 0.1) is 0 Å². The Bertz CT molecular complexity index is 330. The Morgan fingerprint density at radius 3 is 3.00 bits per heavy atom. The zero-order valence-corrected chi connectivity index (χ0v) is 12.0. The minimum absolute atomic E-state index is 0.231. The van der Waals surface area contributed by atoms with Crippen LogP contribution < -0.4 is 5.32 Å². The Morgan fingerprint density at radius 2 is 2.35 bits per heavy atom. The van der Waals surface area contributed by atoms with Crippen molar-refractivity contribution in [3.05, 3.63) is 12.7 Å². The van der Waals surface area contributed by atoms with Crippen LogP contribution >= 0.6 is 11.8 Å². The van der Waals surface area contributed by atoms with Crippen molar-refractivity contribution in [3.63, 3.8) is 0 Å². The molecule has 1 unspecified atom stereocenters. The molecule has 1 N–H and O–H groups in total. The van der Waals surface area contributed by atoms with E-state index in [2.05, 4.69) is 16.8 Å². The number of hydrogen-bond acceptors (Lipinski definition) is 5. The lowest BCUT2D eigenvalue weighted by Crippen LogP contribution is -2.49. The molecule has 1 saturated heterocycles. The molecule has 0 spiro atoms. The van der Waals surface area contributed by atoms with Crippen LogP contribution in [0.15, 0.2) is 12.7 Å². The van der Waals surface area contributed by atoms with Gasteiger partial charge in [0.05, 0.1) is 0 Å². The summed E-state index contributed by atoms with van der Waals surface area (Å²) in [6, 6.07) is 0. The standard InChI is InChI=1S/C11H22N2O2S2/c1-3-5-12-6-7-13-8-9-16-10-11(13)17(14,15)4-2/h3,11-12H,1,4-10H2,2H3. The summed E-state index contributed by atoms with van der Waals surface area (Å²) in [6.07, 6.45) is 1.81. The first-order valence-corrected chi connectivity index (χ1v) is 8.83. The maximum atomic E-state index is 12.0. The summed E-state index contributed by atoms with van der Waals surface area (Å²) < 4.78 is 23.9. The summed E-state index contributed by atoms with van der Waals surface area (Å²) in [5, 5.41) is 2.92. The highest BCUT2D eigenvalue weighted by molar-refractivity contribution is 8.01. The largest absolute Gasteiger partial charge is 0.312 e. The van der Waals surface area contributed by atoms with Crippen LogP contribution in [0.25, 0.3) is 0 Å². The smallest absolute Gasteiger partial charge is 0.166 e. The topological polar surface area (TPSA) is 49.4 Å². The molecule has 4 nitrogen and oxygen atoms in total. The third kappa shape index (κ3) is 4.62. The molecule has 0 aliphatic carbocycles. The van der Waals surface area contributed by atoms with Gasteiger partial charge in [-0.2, -0.15) is 11.8 Å². The van der Waals surface area contributed by atoms with Gasteiger partial charge in [0, 0.05) is 43.4 Å². The Kier molecular flexibility index (Phi) is 6.54. The summed E-state index contributed by atoms with van der Waals surface area (Å²) in [6.45, 7) is 8.60. The fraction of sp³-hybridized carbons (Fsp3) is 0.818. The van der Waals surface area contributed by atoms with Gasteiger partial charge in [-0.3, -0.25) is 4.90 Å². The second-order valence-corrected chi connectivity index (χ2v) is 7.61. The van der Waals surface area contributed by atoms with E-state index in [1.54, 1.807) is 18.7 Å². The van der Waals surface area contributed by atoms with E-state index in [1.165, 1.54) is 0 Å². The predicted octanol–water partition coefficient (Wildman–Crippen LogP) is 0.572. The predicted molar refractivity (Wildman–Crippen MR) is 75.2 cm³/mol. The van der Waals surface area contributed by atoms with Gasteiger partial charge in [-0.15, -0.1) is 6.58 Å². The lowest BCUT2D eigenvalue weighted by molar-refractivity contribution is 0.271. The Hall–Kier alpha value is -0.0400. The van der Waals surface area contributed by atoms with Crippen molar-refractivity contribution in [2.24, 2.45) is 0 Å². The number of rotatable bonds is 7. The second-order valence-electron chi connectivity index (χ2n) is 4.01. The maximum Gasteiger partial charge on any atom is 0.166 e. The summed E-state index contributed by atoms with van der Waals surface area (Å²) >= 11 is 1.74. The van der Waals surface area contributed by atoms with Gasteiger partial charge in [-0.25, -0.2) is 8.42 Å². The molecule has 0 aromatic carbocycles. The fourth-order valence-corrected chi connectivity index (χ4v) is 4.93. The van der Waals surface area contributed by atoms with E-state index in [0.29, 0.717) is 5.75 Å². The van der Waals surface area contributed by atoms with E-state index in [0.717, 1.165) is 31.9 Å². The van der Waals surface area contributed by atoms with Gasteiger partial charge >= 0.3 is 0 Å². The zero-order chi connectivity index (χ0) is 12.7. The number of nitrogens with zero attached hydrogens (tertiary/aromatic N) is 1. The van der Waals surface area contributed by atoms with Crippen LogP contribution in [0.3, 0.4) is 0 Å². The van der Waals surface area contributed by atoms with E-state index in [9.17, 15) is 8.42 Å². The molecule has 6 heteroatoms. The van der Waals surface area contributed by atoms with Crippen molar-refractivity contribution in [3.8, 4) is 0 Å². The molecule has 1 aliphatic heterocycles. The molecular formula is C11H22N2O2S2. The van der Waals surface area contributed by atoms with E-state index in [-0.39, 0.29) is 11.1 Å². The number of sulfone groups is 1. The molecule has 1 atom stereocenters. The molecule has 1 aliphatic rings. The highest BCUT2D eigenvalue weighted by Gasteiger charge is 2.32. The molecular weight excluding hydrogens is 256 g/mol. The van der Waals surface area contributed by atoms with E-state index >= 15 is 0 Å². The van der Waals surface area contributed by atoms with Crippen molar-refractivity contribution in [1.29, 1.82) is 0 Å². The van der Waals surface area contributed by atoms with Gasteiger partial charge < -0.3 is 5.32 Å². The average molecular weight is 278 g/mol. The summed E-state index contributed by atoms with van der Waals surface area (Å²) in [7, 11) is -2.96. The second kappa shape index (κ2) is 7.41. The number of hydrogen-bond donors (Lipinski definition) is 1. The molecule has 1 fully saturated rings. The molecule has 0 amide bonds. The molecule has 0 aromatic heterocycles. The Labute approximate surface area is 109 Å². The fourth-order valence-electron chi connectivity index (χ4n) is 1.82. The van der Waals surface area contributed by atoms with E-state index in [1.807, 2.05) is 6.08 Å². The Morgan fingerprint density at radius 1 is 1.59 bits per heavy atom. The molecule has 0 bridgehead atoms. The van der Waals surface area contributed by atoms with Gasteiger partial charge in [0.1, 0.15) is 5.37 Å². The van der Waals surface area contributed by atoms with Gasteiger partial charge in [0.25, 0.3) is 0 Å².